The second kappa shape index (κ2) is 6.77. The highest BCUT2D eigenvalue weighted by Gasteiger charge is 2.20. The van der Waals surface area contributed by atoms with Crippen LogP contribution in [0.3, 0.4) is 0 Å². The molecule has 0 aliphatic carbocycles. The molecule has 0 radical (unpaired) electrons. The number of H-pyrrole nitrogens is 3. The van der Waals surface area contributed by atoms with Crippen molar-refractivity contribution in [1.82, 2.24) is 29.9 Å². The predicted molar refractivity (Wildman–Crippen MR) is 116 cm³/mol. The topological polar surface area (TPSA) is 103 Å². The fourth-order valence-electron chi connectivity index (χ4n) is 3.08. The monoisotopic (exact) mass is 440 g/mol. The molecule has 0 aliphatic heterocycles. The van der Waals surface area contributed by atoms with E-state index in [4.69, 9.17) is 35.4 Å². The smallest absolute Gasteiger partial charge is 0.279 e. The Kier molecular flexibility index (Phi) is 4.20. The van der Waals surface area contributed by atoms with Gasteiger partial charge in [-0.1, -0.05) is 35.3 Å². The Morgan fingerprint density at radius 1 is 0.897 bits per heavy atom. The van der Waals surface area contributed by atoms with Crippen LogP contribution in [0.15, 0.2) is 47.3 Å². The summed E-state index contributed by atoms with van der Waals surface area (Å²) in [5.74, 6) is 0.487. The normalized spacial score (nSPS) is 11.4. The maximum absolute atomic E-state index is 12.4. The molecule has 0 unspecified atom stereocenters. The fraction of sp³-hybridized carbons (Fsp3) is 0. The van der Waals surface area contributed by atoms with Gasteiger partial charge in [0.25, 0.3) is 5.56 Å². The molecule has 3 N–H and O–H groups in total. The lowest BCUT2D eigenvalue weighted by molar-refractivity contribution is 1.08. The lowest BCUT2D eigenvalue weighted by atomic mass is 10.1. The molecule has 2 aromatic carbocycles. The van der Waals surface area contributed by atoms with Gasteiger partial charge in [-0.25, -0.2) is 15.0 Å². The van der Waals surface area contributed by atoms with Gasteiger partial charge in [-0.05, 0) is 42.5 Å². The number of halogens is 2. The maximum atomic E-state index is 12.4. The summed E-state index contributed by atoms with van der Waals surface area (Å²) in [6.45, 7) is 0. The van der Waals surface area contributed by atoms with Crippen LogP contribution in [0.25, 0.3) is 45.0 Å². The van der Waals surface area contributed by atoms with Gasteiger partial charge in [-0.2, -0.15) is 0 Å². The predicted octanol–water partition coefficient (Wildman–Crippen LogP) is 4.89. The first-order chi connectivity index (χ1) is 14.0. The molecule has 0 bridgehead atoms. The van der Waals surface area contributed by atoms with E-state index in [-0.39, 0.29) is 15.9 Å². The third-order valence-corrected chi connectivity index (χ3v) is 5.12. The van der Waals surface area contributed by atoms with Gasteiger partial charge in [0.1, 0.15) is 11.4 Å². The summed E-state index contributed by atoms with van der Waals surface area (Å²) >= 11 is 17.5. The zero-order chi connectivity index (χ0) is 20.1. The highest BCUT2D eigenvalue weighted by Crippen LogP contribution is 2.35. The molecule has 0 atom stereocenters. The number of rotatable bonds is 2. The van der Waals surface area contributed by atoms with Gasteiger partial charge in [0, 0.05) is 10.6 Å². The minimum absolute atomic E-state index is 0.111. The van der Waals surface area contributed by atoms with Crippen LogP contribution in [0.2, 0.25) is 10.0 Å². The van der Waals surface area contributed by atoms with Crippen molar-refractivity contribution in [2.45, 2.75) is 0 Å². The lowest BCUT2D eigenvalue weighted by Crippen LogP contribution is -2.12. The largest absolute Gasteiger partial charge is 0.337 e. The SMILES string of the molecule is O=c1[nH]c(=S)[nH]c2nc(-c3nc4ccccc4[nH]3)c(-c3ccc(Cl)cc3Cl)nc12. The summed E-state index contributed by atoms with van der Waals surface area (Å²) in [4.78, 5) is 34.8. The number of imidazole rings is 1. The van der Waals surface area contributed by atoms with Gasteiger partial charge in [-0.15, -0.1) is 0 Å². The number of hydrogen-bond acceptors (Lipinski definition) is 5. The first-order valence-corrected chi connectivity index (χ1v) is 9.61. The number of aromatic nitrogens is 6. The molecule has 0 saturated carbocycles. The summed E-state index contributed by atoms with van der Waals surface area (Å²) in [6, 6.07) is 12.6. The molecule has 5 aromatic rings. The summed E-state index contributed by atoms with van der Waals surface area (Å²) in [7, 11) is 0. The molecule has 3 heterocycles. The van der Waals surface area contributed by atoms with E-state index < -0.39 is 5.56 Å². The van der Waals surface area contributed by atoms with Crippen LogP contribution in [-0.4, -0.2) is 29.9 Å². The Labute approximate surface area is 177 Å². The van der Waals surface area contributed by atoms with Crippen LogP contribution in [-0.2, 0) is 0 Å². The maximum Gasteiger partial charge on any atom is 0.279 e. The fourth-order valence-corrected chi connectivity index (χ4v) is 3.77. The molecule has 0 saturated heterocycles. The van der Waals surface area contributed by atoms with Gasteiger partial charge in [0.05, 0.1) is 16.1 Å². The van der Waals surface area contributed by atoms with Crippen LogP contribution in [0.1, 0.15) is 0 Å². The Morgan fingerprint density at radius 2 is 1.72 bits per heavy atom. The Hall–Kier alpha value is -3.07. The van der Waals surface area contributed by atoms with Gasteiger partial charge in [0.2, 0.25) is 0 Å². The molecule has 7 nitrogen and oxygen atoms in total. The molecule has 0 amide bonds. The van der Waals surface area contributed by atoms with Crippen molar-refractivity contribution in [3.63, 3.8) is 0 Å². The number of nitrogens with one attached hydrogen (secondary N) is 3. The summed E-state index contributed by atoms with van der Waals surface area (Å²) in [6.07, 6.45) is 0. The second-order valence-corrected chi connectivity index (χ2v) is 7.50. The van der Waals surface area contributed by atoms with Gasteiger partial charge < -0.3 is 9.97 Å². The van der Waals surface area contributed by atoms with Crippen molar-refractivity contribution < 1.29 is 0 Å². The molecule has 0 aliphatic rings. The van der Waals surface area contributed by atoms with Gasteiger partial charge >= 0.3 is 0 Å². The van der Waals surface area contributed by atoms with E-state index in [0.717, 1.165) is 11.0 Å². The van der Waals surface area contributed by atoms with E-state index in [1.165, 1.54) is 0 Å². The molecule has 0 spiro atoms. The Bertz CT molecular complexity index is 1500. The number of hydrogen-bond donors (Lipinski definition) is 3. The van der Waals surface area contributed by atoms with Crippen LogP contribution in [0, 0.1) is 4.77 Å². The van der Waals surface area contributed by atoms with E-state index in [9.17, 15) is 4.79 Å². The van der Waals surface area contributed by atoms with Gasteiger partial charge in [0.15, 0.2) is 21.8 Å². The van der Waals surface area contributed by atoms with Crippen molar-refractivity contribution in [1.29, 1.82) is 0 Å². The quantitative estimate of drug-likeness (QED) is 0.339. The summed E-state index contributed by atoms with van der Waals surface area (Å²) in [5.41, 5.74) is 2.93. The molecule has 29 heavy (non-hydrogen) atoms. The van der Waals surface area contributed by atoms with Crippen LogP contribution in [0.5, 0.6) is 0 Å². The molecular formula is C19H10Cl2N6OS. The molecule has 10 heteroatoms. The number of aromatic amines is 3. The first kappa shape index (κ1) is 18.0. The third-order valence-electron chi connectivity index (χ3n) is 4.37. The summed E-state index contributed by atoms with van der Waals surface area (Å²) in [5, 5.41) is 0.864. The second-order valence-electron chi connectivity index (χ2n) is 6.25. The molecule has 0 fully saturated rings. The van der Waals surface area contributed by atoms with E-state index in [1.54, 1.807) is 18.2 Å². The third kappa shape index (κ3) is 3.11. The highest BCUT2D eigenvalue weighted by molar-refractivity contribution is 7.71. The molecule has 5 rings (SSSR count). The van der Waals surface area contributed by atoms with Crippen molar-refractivity contribution in [3.05, 3.63) is 67.6 Å². The molecule has 142 valence electrons. The number of fused-ring (bicyclic) bond motifs is 2. The number of para-hydroxylation sites is 2. The minimum atomic E-state index is -0.446. The Balaban J connectivity index is 1.89. The zero-order valence-electron chi connectivity index (χ0n) is 14.5. The van der Waals surface area contributed by atoms with Crippen LogP contribution < -0.4 is 5.56 Å². The average Bonchev–Trinajstić information content (AvgIpc) is 3.11. The van der Waals surface area contributed by atoms with E-state index in [0.29, 0.717) is 32.8 Å². The number of benzene rings is 2. The van der Waals surface area contributed by atoms with E-state index in [2.05, 4.69) is 29.9 Å². The Morgan fingerprint density at radius 3 is 2.52 bits per heavy atom. The standard InChI is InChI=1S/C19H10Cl2N6OS/c20-8-5-6-9(10(21)7-8)13-14(16-22-11-3-1-2-4-12(11)23-16)25-17-15(24-13)18(28)27-19(29)26-17/h1-7H,(H,22,23)(H2,25,26,27,28,29). The number of nitrogens with zero attached hydrogens (tertiary/aromatic N) is 3. The van der Waals surface area contributed by atoms with E-state index in [1.807, 2.05) is 24.3 Å². The van der Waals surface area contributed by atoms with E-state index >= 15 is 0 Å². The van der Waals surface area contributed by atoms with Crippen molar-refractivity contribution in [3.8, 4) is 22.8 Å². The van der Waals surface area contributed by atoms with Crippen molar-refractivity contribution >= 4 is 57.6 Å². The highest BCUT2D eigenvalue weighted by atomic mass is 35.5. The average molecular weight is 441 g/mol. The van der Waals surface area contributed by atoms with Crippen molar-refractivity contribution in [2.24, 2.45) is 0 Å². The minimum Gasteiger partial charge on any atom is -0.337 e. The zero-order valence-corrected chi connectivity index (χ0v) is 16.8. The molecular weight excluding hydrogens is 431 g/mol. The van der Waals surface area contributed by atoms with Crippen LogP contribution >= 0.6 is 35.4 Å². The first-order valence-electron chi connectivity index (χ1n) is 8.44. The van der Waals surface area contributed by atoms with Crippen LogP contribution in [0.4, 0.5) is 0 Å². The van der Waals surface area contributed by atoms with Gasteiger partial charge in [-0.3, -0.25) is 9.78 Å². The molecule has 3 aromatic heterocycles. The summed E-state index contributed by atoms with van der Waals surface area (Å²) < 4.78 is 0.157. The van der Waals surface area contributed by atoms with Crippen molar-refractivity contribution in [2.75, 3.05) is 0 Å². The lowest BCUT2D eigenvalue weighted by Gasteiger charge is -2.10.